The summed E-state index contributed by atoms with van der Waals surface area (Å²) in [5.41, 5.74) is 11.4. The quantitative estimate of drug-likeness (QED) is 0.120. The van der Waals surface area contributed by atoms with Crippen LogP contribution < -0.4 is 0 Å². The standard InChI is InChI=1S/C46H52N8/c1-5-25-45(26-6-2)41-21-17-33(51-41)29-47-37-13-9-11-15-39(37)49-31-35-19-23-43(53-35)46(27-7-3,28-8-4)44-24-20-36(54-44)32-50-40-16-12-10-14-38(40)48-30-34-18-22-42(45)52-34/h9-24,29-32,51-54H,5-8,25-28H2,1-4H3. The number of aromatic amines is 4. The molecule has 0 spiro atoms. The summed E-state index contributed by atoms with van der Waals surface area (Å²) in [6, 6.07) is 33.5. The summed E-state index contributed by atoms with van der Waals surface area (Å²) in [6.45, 7) is 9.03. The molecule has 0 unspecified atom stereocenters. The molecule has 0 radical (unpaired) electrons. The van der Waals surface area contributed by atoms with E-state index in [1.54, 1.807) is 0 Å². The second-order valence-corrected chi connectivity index (χ2v) is 14.5. The second kappa shape index (κ2) is 16.5. The Morgan fingerprint density at radius 3 is 0.815 bits per heavy atom. The zero-order chi connectivity index (χ0) is 37.4. The average molecular weight is 717 g/mol. The number of para-hydroxylation sites is 4. The topological polar surface area (TPSA) is 113 Å². The first-order valence-electron chi connectivity index (χ1n) is 19.6. The molecular formula is C46H52N8. The van der Waals surface area contributed by atoms with Gasteiger partial charge in [0.2, 0.25) is 0 Å². The van der Waals surface area contributed by atoms with E-state index < -0.39 is 0 Å². The van der Waals surface area contributed by atoms with E-state index in [9.17, 15) is 0 Å². The van der Waals surface area contributed by atoms with Crippen LogP contribution in [0, 0.1) is 0 Å². The Labute approximate surface area is 319 Å². The van der Waals surface area contributed by atoms with Crippen molar-refractivity contribution < 1.29 is 0 Å². The Morgan fingerprint density at radius 1 is 0.352 bits per heavy atom. The summed E-state index contributed by atoms with van der Waals surface area (Å²) in [4.78, 5) is 34.7. The molecule has 0 atom stereocenters. The molecule has 8 bridgehead atoms. The maximum absolute atomic E-state index is 4.93. The Hall–Kier alpha value is -5.76. The van der Waals surface area contributed by atoms with Crippen LogP contribution in [0.1, 0.15) is 125 Å². The van der Waals surface area contributed by atoms with Crippen LogP contribution in [-0.2, 0) is 10.8 Å². The van der Waals surface area contributed by atoms with Gasteiger partial charge in [0.15, 0.2) is 0 Å². The van der Waals surface area contributed by atoms with Gasteiger partial charge in [-0.1, -0.05) is 77.6 Å². The van der Waals surface area contributed by atoms with Gasteiger partial charge in [-0.3, -0.25) is 20.0 Å². The van der Waals surface area contributed by atoms with Crippen molar-refractivity contribution in [3.05, 3.63) is 143 Å². The summed E-state index contributed by atoms with van der Waals surface area (Å²) in [5.74, 6) is 0. The lowest BCUT2D eigenvalue weighted by molar-refractivity contribution is 0.408. The van der Waals surface area contributed by atoms with E-state index in [2.05, 4.69) is 96.2 Å². The van der Waals surface area contributed by atoms with Gasteiger partial charge in [0.25, 0.3) is 0 Å². The minimum Gasteiger partial charge on any atom is -0.357 e. The summed E-state index contributed by atoms with van der Waals surface area (Å²) < 4.78 is 0. The first-order chi connectivity index (χ1) is 26.5. The van der Waals surface area contributed by atoms with Crippen molar-refractivity contribution in [2.45, 2.75) is 89.9 Å². The number of aliphatic imine (C=N–C) groups is 4. The third-order valence-corrected chi connectivity index (χ3v) is 10.7. The Balaban J connectivity index is 1.35. The van der Waals surface area contributed by atoms with Crippen molar-refractivity contribution >= 4 is 47.6 Å². The summed E-state index contributed by atoms with van der Waals surface area (Å²) in [7, 11) is 0. The number of hydrogen-bond donors (Lipinski definition) is 4. The highest BCUT2D eigenvalue weighted by Gasteiger charge is 2.36. The highest BCUT2D eigenvalue weighted by Crippen LogP contribution is 2.42. The fourth-order valence-electron chi connectivity index (χ4n) is 8.31. The second-order valence-electron chi connectivity index (χ2n) is 14.5. The summed E-state index contributed by atoms with van der Waals surface area (Å²) in [6.07, 6.45) is 15.9. The van der Waals surface area contributed by atoms with E-state index in [1.807, 2.05) is 73.4 Å². The van der Waals surface area contributed by atoms with Crippen LogP contribution in [0.25, 0.3) is 0 Å². The van der Waals surface area contributed by atoms with Crippen LogP contribution in [-0.4, -0.2) is 44.8 Å². The molecule has 0 saturated heterocycles. The number of nitrogens with zero attached hydrogens (tertiary/aromatic N) is 4. The van der Waals surface area contributed by atoms with Gasteiger partial charge in [0, 0.05) is 22.8 Å². The van der Waals surface area contributed by atoms with Crippen molar-refractivity contribution in [2.24, 2.45) is 20.0 Å². The van der Waals surface area contributed by atoms with E-state index >= 15 is 0 Å². The normalized spacial score (nSPS) is 14.9. The Kier molecular flexibility index (Phi) is 11.2. The van der Waals surface area contributed by atoms with Gasteiger partial charge in [-0.05, 0) is 98.5 Å². The Bertz CT molecular complexity index is 1950. The third kappa shape index (κ3) is 7.51. The van der Waals surface area contributed by atoms with Crippen molar-refractivity contribution in [3.63, 3.8) is 0 Å². The van der Waals surface area contributed by atoms with Crippen LogP contribution in [0.5, 0.6) is 0 Å². The van der Waals surface area contributed by atoms with Crippen molar-refractivity contribution in [1.29, 1.82) is 0 Å². The van der Waals surface area contributed by atoms with Gasteiger partial charge in [-0.2, -0.15) is 0 Å². The van der Waals surface area contributed by atoms with E-state index in [0.29, 0.717) is 0 Å². The third-order valence-electron chi connectivity index (χ3n) is 10.7. The SMILES string of the molecule is CCCC1(CCC)c2ccc([nH]2)C=Nc2ccccc2N=Cc2ccc([nH]2)C(CCC)(CCC)c2ccc([nH]2)C=Nc2ccccc2N=Cc2ccc1[nH]2. The van der Waals surface area contributed by atoms with E-state index in [-0.39, 0.29) is 10.8 Å². The van der Waals surface area contributed by atoms with Gasteiger partial charge in [0.05, 0.1) is 81.2 Å². The lowest BCUT2D eigenvalue weighted by Gasteiger charge is -2.32. The summed E-state index contributed by atoms with van der Waals surface area (Å²) in [5, 5.41) is 0. The number of benzene rings is 2. The molecule has 1 aliphatic heterocycles. The zero-order valence-electron chi connectivity index (χ0n) is 32.0. The number of rotatable bonds is 8. The monoisotopic (exact) mass is 716 g/mol. The maximum atomic E-state index is 4.93. The minimum absolute atomic E-state index is 0.202. The molecule has 4 aromatic heterocycles. The van der Waals surface area contributed by atoms with Crippen LogP contribution in [0.3, 0.4) is 0 Å². The molecule has 8 nitrogen and oxygen atoms in total. The van der Waals surface area contributed by atoms with E-state index in [0.717, 1.165) is 96.9 Å². The molecule has 0 aliphatic carbocycles. The molecule has 4 N–H and O–H groups in total. The number of hydrogen-bond acceptors (Lipinski definition) is 4. The predicted octanol–water partition coefficient (Wildman–Crippen LogP) is 12.1. The van der Waals surface area contributed by atoms with Gasteiger partial charge >= 0.3 is 0 Å². The van der Waals surface area contributed by atoms with Gasteiger partial charge in [-0.25, -0.2) is 0 Å². The van der Waals surface area contributed by atoms with Crippen molar-refractivity contribution in [3.8, 4) is 0 Å². The van der Waals surface area contributed by atoms with Crippen LogP contribution in [0.4, 0.5) is 22.7 Å². The first-order valence-corrected chi connectivity index (χ1v) is 19.6. The largest absolute Gasteiger partial charge is 0.357 e. The average Bonchev–Trinajstić information content (AvgIpc) is 4.03. The highest BCUT2D eigenvalue weighted by molar-refractivity contribution is 5.87. The fraction of sp³-hybridized carbons (Fsp3) is 0.304. The molecule has 2 aromatic carbocycles. The van der Waals surface area contributed by atoms with Gasteiger partial charge < -0.3 is 19.9 Å². The smallest absolute Gasteiger partial charge is 0.0887 e. The summed E-state index contributed by atoms with van der Waals surface area (Å²) >= 11 is 0. The number of aromatic nitrogens is 4. The van der Waals surface area contributed by atoms with Crippen LogP contribution >= 0.6 is 0 Å². The predicted molar refractivity (Wildman–Crippen MR) is 226 cm³/mol. The molecule has 8 heteroatoms. The van der Waals surface area contributed by atoms with Crippen LogP contribution in [0.15, 0.2) is 117 Å². The molecule has 0 amide bonds. The zero-order valence-corrected chi connectivity index (χ0v) is 32.0. The number of nitrogens with one attached hydrogen (secondary N) is 4. The molecule has 54 heavy (non-hydrogen) atoms. The van der Waals surface area contributed by atoms with Crippen LogP contribution in [0.2, 0.25) is 0 Å². The highest BCUT2D eigenvalue weighted by atomic mass is 14.9. The molecule has 6 aromatic rings. The van der Waals surface area contributed by atoms with Crippen molar-refractivity contribution in [2.75, 3.05) is 0 Å². The molecule has 0 saturated carbocycles. The minimum atomic E-state index is -0.202. The lowest BCUT2D eigenvalue weighted by atomic mass is 9.74. The van der Waals surface area contributed by atoms with E-state index in [4.69, 9.17) is 20.0 Å². The maximum Gasteiger partial charge on any atom is 0.0887 e. The molecule has 276 valence electrons. The Morgan fingerprint density at radius 2 is 0.593 bits per heavy atom. The first kappa shape index (κ1) is 36.6. The fourth-order valence-corrected chi connectivity index (χ4v) is 8.31. The van der Waals surface area contributed by atoms with Gasteiger partial charge in [-0.15, -0.1) is 0 Å². The van der Waals surface area contributed by atoms with E-state index in [1.165, 1.54) is 22.8 Å². The number of H-pyrrole nitrogens is 4. The molecular weight excluding hydrogens is 665 g/mol. The molecule has 1 aliphatic rings. The van der Waals surface area contributed by atoms with Crippen molar-refractivity contribution in [1.82, 2.24) is 19.9 Å². The van der Waals surface area contributed by atoms with Gasteiger partial charge in [0.1, 0.15) is 0 Å². The molecule has 0 fully saturated rings. The molecule has 5 heterocycles. The molecule has 7 rings (SSSR count). The lowest BCUT2D eigenvalue weighted by Crippen LogP contribution is -2.29. The number of fused-ring (bicyclic) bond motifs is 10.